The maximum atomic E-state index is 3.56. The van der Waals surface area contributed by atoms with Gasteiger partial charge in [0.25, 0.3) is 0 Å². The number of benzene rings is 16. The fraction of sp³-hybridized carbons (Fsp3) is 0. The quantitative estimate of drug-likeness (QED) is 0.0985. The average Bonchev–Trinajstić information content (AvgIpc) is 1.86. The molecule has 92 heavy (non-hydrogen) atoms. The third-order valence-corrected chi connectivity index (χ3v) is 16.1. The summed E-state index contributed by atoms with van der Waals surface area (Å²) < 4.78 is 0. The van der Waals surface area contributed by atoms with E-state index < -0.39 is 0 Å². The van der Waals surface area contributed by atoms with Gasteiger partial charge in [-0.2, -0.15) is 0 Å². The standard InChI is InChI=1S/4C22H17N/c1-2-8-17(9-3-1)19-12-6-13-20(16-19)23-22-15-7-11-18-10-4-5-14-21(18)22;1-2-7-17(8-3-1)18-13-15-20(16-14-18)23-22-12-6-10-19-9-4-5-11-21(19)22;1-2-7-17(8-3-1)20-11-6-12-21(15-20)23-22-14-13-18-9-4-5-10-19(18)16-22;1-2-6-17(7-3-1)19-10-13-21(14-11-19)23-22-15-12-18-8-4-5-9-20(18)16-22/h4*1-16,23H. The van der Waals surface area contributed by atoms with Gasteiger partial charge in [0, 0.05) is 56.3 Å². The van der Waals surface area contributed by atoms with Gasteiger partial charge in [0.1, 0.15) is 0 Å². The van der Waals surface area contributed by atoms with Crippen LogP contribution in [-0.4, -0.2) is 0 Å². The van der Waals surface area contributed by atoms with Crippen LogP contribution in [0.1, 0.15) is 0 Å². The Balaban J connectivity index is 0.000000112. The zero-order valence-electron chi connectivity index (χ0n) is 51.0. The molecule has 16 rings (SSSR count). The largest absolute Gasteiger partial charge is 0.356 e. The van der Waals surface area contributed by atoms with E-state index in [1.165, 1.54) is 87.6 Å². The molecule has 16 aromatic rings. The maximum absolute atomic E-state index is 3.56. The minimum absolute atomic E-state index is 1.10. The first-order valence-corrected chi connectivity index (χ1v) is 31.2. The van der Waals surface area contributed by atoms with Gasteiger partial charge in [-0.05, 0) is 162 Å². The average molecular weight is 1180 g/mol. The second-order valence-corrected chi connectivity index (χ2v) is 22.5. The highest BCUT2D eigenvalue weighted by molar-refractivity contribution is 5.97. The summed E-state index contributed by atoms with van der Waals surface area (Å²) in [5.74, 6) is 0. The summed E-state index contributed by atoms with van der Waals surface area (Å²) in [4.78, 5) is 0. The van der Waals surface area contributed by atoms with E-state index in [4.69, 9.17) is 0 Å². The predicted octanol–water partition coefficient (Wildman–Crippen LogP) is 25.0. The lowest BCUT2D eigenvalue weighted by atomic mass is 10.0. The topological polar surface area (TPSA) is 48.1 Å². The monoisotopic (exact) mass is 1180 g/mol. The van der Waals surface area contributed by atoms with Crippen LogP contribution < -0.4 is 21.3 Å². The fourth-order valence-corrected chi connectivity index (χ4v) is 11.4. The van der Waals surface area contributed by atoms with E-state index in [1.54, 1.807) is 0 Å². The molecule has 0 spiro atoms. The number of hydrogen-bond donors (Lipinski definition) is 4. The van der Waals surface area contributed by atoms with Gasteiger partial charge in [-0.3, -0.25) is 0 Å². The van der Waals surface area contributed by atoms with E-state index in [1.807, 2.05) is 24.3 Å². The minimum Gasteiger partial charge on any atom is -0.356 e. The summed E-state index contributed by atoms with van der Waals surface area (Å²) in [5.41, 5.74) is 18.7. The van der Waals surface area contributed by atoms with E-state index in [0.29, 0.717) is 0 Å². The molecular weight excluding hydrogens is 1110 g/mol. The molecular formula is C88H68N4. The van der Waals surface area contributed by atoms with Crippen LogP contribution in [0.4, 0.5) is 45.5 Å². The Hall–Kier alpha value is -12.2. The fourth-order valence-electron chi connectivity index (χ4n) is 11.4. The molecule has 0 aliphatic carbocycles. The number of hydrogen-bond acceptors (Lipinski definition) is 4. The zero-order chi connectivity index (χ0) is 61.9. The molecule has 0 aliphatic rings. The molecule has 440 valence electrons. The van der Waals surface area contributed by atoms with Gasteiger partial charge in [-0.1, -0.05) is 303 Å². The van der Waals surface area contributed by atoms with Crippen molar-refractivity contribution in [2.24, 2.45) is 0 Å². The van der Waals surface area contributed by atoms with Crippen molar-refractivity contribution in [1.29, 1.82) is 0 Å². The third kappa shape index (κ3) is 15.2. The summed E-state index contributed by atoms with van der Waals surface area (Å²) >= 11 is 0. The van der Waals surface area contributed by atoms with E-state index in [2.05, 4.69) is 385 Å². The first-order valence-electron chi connectivity index (χ1n) is 31.2. The summed E-state index contributed by atoms with van der Waals surface area (Å²) in [6.45, 7) is 0. The van der Waals surface area contributed by atoms with Gasteiger partial charge in [0.05, 0.1) is 0 Å². The Morgan fingerprint density at radius 1 is 0.130 bits per heavy atom. The first-order chi connectivity index (χ1) is 45.6. The highest BCUT2D eigenvalue weighted by Crippen LogP contribution is 2.33. The van der Waals surface area contributed by atoms with Crippen molar-refractivity contribution in [3.63, 3.8) is 0 Å². The molecule has 0 unspecified atom stereocenters. The zero-order valence-corrected chi connectivity index (χ0v) is 51.0. The van der Waals surface area contributed by atoms with E-state index in [9.17, 15) is 0 Å². The van der Waals surface area contributed by atoms with Crippen LogP contribution in [0.15, 0.2) is 388 Å². The Morgan fingerprint density at radius 3 is 0.815 bits per heavy atom. The summed E-state index contributed by atoms with van der Waals surface area (Å²) in [7, 11) is 0. The first kappa shape index (κ1) is 58.8. The smallest absolute Gasteiger partial charge is 0.0463 e. The molecule has 0 atom stereocenters. The second kappa shape index (κ2) is 29.2. The van der Waals surface area contributed by atoms with Crippen molar-refractivity contribution < 1.29 is 0 Å². The van der Waals surface area contributed by atoms with Crippen molar-refractivity contribution >= 4 is 88.6 Å². The Bertz CT molecular complexity index is 4990. The van der Waals surface area contributed by atoms with E-state index in [-0.39, 0.29) is 0 Å². The van der Waals surface area contributed by atoms with Gasteiger partial charge in [0.15, 0.2) is 0 Å². The van der Waals surface area contributed by atoms with Crippen LogP contribution in [0.3, 0.4) is 0 Å². The number of fused-ring (bicyclic) bond motifs is 4. The third-order valence-electron chi connectivity index (χ3n) is 16.1. The van der Waals surface area contributed by atoms with Crippen LogP contribution in [-0.2, 0) is 0 Å². The van der Waals surface area contributed by atoms with Gasteiger partial charge in [0.2, 0.25) is 0 Å². The molecule has 0 radical (unpaired) electrons. The lowest BCUT2D eigenvalue weighted by Crippen LogP contribution is -1.91. The molecule has 0 bridgehead atoms. The van der Waals surface area contributed by atoms with Crippen molar-refractivity contribution in [2.75, 3.05) is 21.3 Å². The molecule has 0 amide bonds. The molecule has 0 saturated carbocycles. The highest BCUT2D eigenvalue weighted by Gasteiger charge is 2.07. The van der Waals surface area contributed by atoms with Crippen LogP contribution in [0.2, 0.25) is 0 Å². The maximum Gasteiger partial charge on any atom is 0.0463 e. The number of anilines is 8. The summed E-state index contributed by atoms with van der Waals surface area (Å²) in [6, 6.07) is 135. The molecule has 4 nitrogen and oxygen atoms in total. The minimum atomic E-state index is 1.10. The molecule has 0 heterocycles. The molecule has 16 aromatic carbocycles. The molecule has 0 fully saturated rings. The van der Waals surface area contributed by atoms with Crippen LogP contribution in [0.5, 0.6) is 0 Å². The summed E-state index contributed by atoms with van der Waals surface area (Å²) in [6.07, 6.45) is 0. The van der Waals surface area contributed by atoms with Crippen molar-refractivity contribution in [2.45, 2.75) is 0 Å². The van der Waals surface area contributed by atoms with Crippen molar-refractivity contribution in [3.05, 3.63) is 388 Å². The van der Waals surface area contributed by atoms with Crippen molar-refractivity contribution in [3.8, 4) is 44.5 Å². The lowest BCUT2D eigenvalue weighted by molar-refractivity contribution is 1.55. The van der Waals surface area contributed by atoms with Crippen LogP contribution >= 0.6 is 0 Å². The van der Waals surface area contributed by atoms with E-state index >= 15 is 0 Å². The Labute approximate surface area is 539 Å². The normalized spacial score (nSPS) is 10.6. The SMILES string of the molecule is c1ccc(-c2ccc(Nc3ccc4ccccc4c3)cc2)cc1.c1ccc(-c2ccc(Nc3cccc4ccccc34)cc2)cc1.c1ccc(-c2cccc(Nc3ccc4ccccc4c3)c2)cc1.c1ccc(-c2cccc(Nc3cccc4ccccc34)c2)cc1. The van der Waals surface area contributed by atoms with Crippen LogP contribution in [0.25, 0.3) is 87.6 Å². The highest BCUT2D eigenvalue weighted by atomic mass is 14.9. The lowest BCUT2D eigenvalue weighted by Gasteiger charge is -2.11. The van der Waals surface area contributed by atoms with Crippen molar-refractivity contribution in [1.82, 2.24) is 0 Å². The molecule has 4 heteroatoms. The number of nitrogens with one attached hydrogen (secondary N) is 4. The van der Waals surface area contributed by atoms with E-state index in [0.717, 1.165) is 45.5 Å². The Kier molecular flexibility index (Phi) is 18.6. The van der Waals surface area contributed by atoms with Gasteiger partial charge >= 0.3 is 0 Å². The predicted molar refractivity (Wildman–Crippen MR) is 396 cm³/mol. The second-order valence-electron chi connectivity index (χ2n) is 22.5. The molecule has 0 aromatic heterocycles. The van der Waals surface area contributed by atoms with Gasteiger partial charge in [-0.25, -0.2) is 0 Å². The molecule has 0 saturated heterocycles. The molecule has 0 aliphatic heterocycles. The van der Waals surface area contributed by atoms with Gasteiger partial charge in [-0.15, -0.1) is 0 Å². The summed E-state index contributed by atoms with van der Waals surface area (Å²) in [5, 5.41) is 24.1. The number of rotatable bonds is 12. The van der Waals surface area contributed by atoms with Gasteiger partial charge < -0.3 is 21.3 Å². The molecule has 4 N–H and O–H groups in total. The Morgan fingerprint density at radius 2 is 0.391 bits per heavy atom. The van der Waals surface area contributed by atoms with Crippen LogP contribution in [0, 0.1) is 0 Å².